The summed E-state index contributed by atoms with van der Waals surface area (Å²) in [5, 5.41) is 4.13. The number of aryl methyl sites for hydroxylation is 1. The zero-order valence-corrected chi connectivity index (χ0v) is 14.0. The van der Waals surface area contributed by atoms with Crippen molar-refractivity contribution in [1.82, 2.24) is 15.3 Å². The number of hydrogen-bond acceptors (Lipinski definition) is 6. The van der Waals surface area contributed by atoms with Gasteiger partial charge in [-0.15, -0.1) is 0 Å². The Kier molecular flexibility index (Phi) is 4.95. The molecule has 3 rings (SSSR count). The minimum atomic E-state index is -0.373. The van der Waals surface area contributed by atoms with Gasteiger partial charge in [0, 0.05) is 36.2 Å². The first-order chi connectivity index (χ1) is 12.0. The highest BCUT2D eigenvalue weighted by Gasteiger charge is 2.07. The summed E-state index contributed by atoms with van der Waals surface area (Å²) < 4.78 is 11.0. The van der Waals surface area contributed by atoms with E-state index in [9.17, 15) is 9.59 Å². The molecule has 0 saturated carbocycles. The van der Waals surface area contributed by atoms with Gasteiger partial charge in [0.2, 0.25) is 0 Å². The predicted molar refractivity (Wildman–Crippen MR) is 93.9 cm³/mol. The molecule has 0 fully saturated rings. The van der Waals surface area contributed by atoms with Crippen LogP contribution in [0, 0.1) is 6.92 Å². The molecule has 1 unspecified atom stereocenters. The fraction of sp³-hybridized carbons (Fsp3) is 0.278. The standard InChI is InChI=1S/C18H19N3O4/c1-11-5-18(23)25-16-7-14(3-4-15(11)16)24-9-12(2)19-8-13-6-17(22)21-10-20-13/h3-7,10,12,19H,8-9H2,1-2H3,(H,20,21,22). The molecule has 1 atom stereocenters. The molecule has 1 aromatic carbocycles. The van der Waals surface area contributed by atoms with Crippen molar-refractivity contribution >= 4 is 11.0 Å². The van der Waals surface area contributed by atoms with Gasteiger partial charge < -0.3 is 19.5 Å². The van der Waals surface area contributed by atoms with Gasteiger partial charge in [-0.1, -0.05) is 0 Å². The third-order valence-corrected chi connectivity index (χ3v) is 3.79. The van der Waals surface area contributed by atoms with Crippen LogP contribution in [0.15, 0.2) is 50.7 Å². The van der Waals surface area contributed by atoms with E-state index in [4.69, 9.17) is 9.15 Å². The lowest BCUT2D eigenvalue weighted by Gasteiger charge is -2.15. The molecule has 0 aliphatic carbocycles. The average Bonchev–Trinajstić information content (AvgIpc) is 2.57. The van der Waals surface area contributed by atoms with Crippen LogP contribution in [0.4, 0.5) is 0 Å². The molecule has 0 aliphatic heterocycles. The number of nitrogens with zero attached hydrogens (tertiary/aromatic N) is 1. The number of benzene rings is 1. The summed E-state index contributed by atoms with van der Waals surface area (Å²) in [6, 6.07) is 8.41. The topological polar surface area (TPSA) is 97.2 Å². The van der Waals surface area contributed by atoms with Crippen molar-refractivity contribution in [3.05, 3.63) is 68.7 Å². The van der Waals surface area contributed by atoms with Crippen LogP contribution in [-0.2, 0) is 6.54 Å². The second-order valence-corrected chi connectivity index (χ2v) is 5.90. The van der Waals surface area contributed by atoms with Crippen LogP contribution in [0.1, 0.15) is 18.2 Å². The molecule has 0 amide bonds. The second-order valence-electron chi connectivity index (χ2n) is 5.90. The molecule has 25 heavy (non-hydrogen) atoms. The van der Waals surface area contributed by atoms with Crippen LogP contribution in [0.2, 0.25) is 0 Å². The molecule has 7 heteroatoms. The number of H-pyrrole nitrogens is 1. The van der Waals surface area contributed by atoms with Gasteiger partial charge >= 0.3 is 5.63 Å². The fourth-order valence-corrected chi connectivity index (χ4v) is 2.46. The lowest BCUT2D eigenvalue weighted by atomic mass is 10.1. The summed E-state index contributed by atoms with van der Waals surface area (Å²) in [5.74, 6) is 0.629. The van der Waals surface area contributed by atoms with Gasteiger partial charge in [0.1, 0.15) is 17.9 Å². The molecule has 7 nitrogen and oxygen atoms in total. The van der Waals surface area contributed by atoms with Crippen LogP contribution < -0.4 is 21.2 Å². The van der Waals surface area contributed by atoms with Gasteiger partial charge in [-0.3, -0.25) is 4.79 Å². The highest BCUT2D eigenvalue weighted by atomic mass is 16.5. The fourth-order valence-electron chi connectivity index (χ4n) is 2.46. The Morgan fingerprint density at radius 1 is 1.28 bits per heavy atom. The van der Waals surface area contributed by atoms with Crippen molar-refractivity contribution in [3.63, 3.8) is 0 Å². The van der Waals surface area contributed by atoms with Crippen molar-refractivity contribution in [2.24, 2.45) is 0 Å². The quantitative estimate of drug-likeness (QED) is 0.663. The van der Waals surface area contributed by atoms with E-state index in [0.717, 1.165) is 10.9 Å². The zero-order valence-electron chi connectivity index (χ0n) is 14.0. The molecular formula is C18H19N3O4. The zero-order chi connectivity index (χ0) is 17.8. The van der Waals surface area contributed by atoms with Crippen molar-refractivity contribution < 1.29 is 9.15 Å². The number of aromatic nitrogens is 2. The molecule has 0 radical (unpaired) electrons. The maximum atomic E-state index is 11.5. The Morgan fingerprint density at radius 3 is 2.92 bits per heavy atom. The molecular weight excluding hydrogens is 322 g/mol. The SMILES string of the molecule is Cc1cc(=O)oc2cc(OCC(C)NCc3cc(=O)[nH]cn3)ccc12. The van der Waals surface area contributed by atoms with E-state index in [2.05, 4.69) is 15.3 Å². The Morgan fingerprint density at radius 2 is 2.12 bits per heavy atom. The van der Waals surface area contributed by atoms with Crippen LogP contribution in [-0.4, -0.2) is 22.6 Å². The Hall–Kier alpha value is -2.93. The lowest BCUT2D eigenvalue weighted by molar-refractivity contribution is 0.272. The van der Waals surface area contributed by atoms with E-state index in [-0.39, 0.29) is 17.2 Å². The number of hydrogen-bond donors (Lipinski definition) is 2. The third kappa shape index (κ3) is 4.33. The number of fused-ring (bicyclic) bond motifs is 1. The molecule has 2 N–H and O–H groups in total. The highest BCUT2D eigenvalue weighted by Crippen LogP contribution is 2.22. The summed E-state index contributed by atoms with van der Waals surface area (Å²) in [5.41, 5.74) is 1.50. The Balaban J connectivity index is 1.60. The minimum absolute atomic E-state index is 0.0429. The molecule has 3 aromatic rings. The van der Waals surface area contributed by atoms with Gasteiger partial charge in [-0.25, -0.2) is 9.78 Å². The molecule has 0 bridgehead atoms. The minimum Gasteiger partial charge on any atom is -0.492 e. The highest BCUT2D eigenvalue weighted by molar-refractivity contribution is 5.81. The maximum absolute atomic E-state index is 11.5. The van der Waals surface area contributed by atoms with Crippen molar-refractivity contribution in [3.8, 4) is 5.75 Å². The van der Waals surface area contributed by atoms with E-state index in [0.29, 0.717) is 30.2 Å². The van der Waals surface area contributed by atoms with E-state index in [1.807, 2.05) is 26.0 Å². The van der Waals surface area contributed by atoms with Crippen LogP contribution in [0.5, 0.6) is 5.75 Å². The predicted octanol–water partition coefficient (Wildman–Crippen LogP) is 1.74. The van der Waals surface area contributed by atoms with Gasteiger partial charge in [-0.2, -0.15) is 0 Å². The summed E-state index contributed by atoms with van der Waals surface area (Å²) in [6.45, 7) is 4.73. The first-order valence-electron chi connectivity index (χ1n) is 7.95. The van der Waals surface area contributed by atoms with Crippen molar-refractivity contribution in [1.29, 1.82) is 0 Å². The first-order valence-corrected chi connectivity index (χ1v) is 7.95. The van der Waals surface area contributed by atoms with Gasteiger partial charge in [-0.05, 0) is 31.5 Å². The summed E-state index contributed by atoms with van der Waals surface area (Å²) in [6.07, 6.45) is 1.38. The van der Waals surface area contributed by atoms with E-state index in [1.54, 1.807) is 6.07 Å². The molecule has 0 saturated heterocycles. The number of aromatic amines is 1. The van der Waals surface area contributed by atoms with Gasteiger partial charge in [0.25, 0.3) is 5.56 Å². The average molecular weight is 341 g/mol. The monoisotopic (exact) mass is 341 g/mol. The van der Waals surface area contributed by atoms with Crippen LogP contribution in [0.25, 0.3) is 11.0 Å². The Bertz CT molecular complexity index is 993. The molecule has 2 aromatic heterocycles. The maximum Gasteiger partial charge on any atom is 0.336 e. The first kappa shape index (κ1) is 16.9. The van der Waals surface area contributed by atoms with Gasteiger partial charge in [0.05, 0.1) is 12.0 Å². The summed E-state index contributed by atoms with van der Waals surface area (Å²) in [4.78, 5) is 29.3. The van der Waals surface area contributed by atoms with E-state index < -0.39 is 0 Å². The molecule has 2 heterocycles. The van der Waals surface area contributed by atoms with Crippen molar-refractivity contribution in [2.45, 2.75) is 26.4 Å². The third-order valence-electron chi connectivity index (χ3n) is 3.79. The lowest BCUT2D eigenvalue weighted by Crippen LogP contribution is -2.32. The van der Waals surface area contributed by atoms with E-state index in [1.165, 1.54) is 18.5 Å². The van der Waals surface area contributed by atoms with E-state index >= 15 is 0 Å². The van der Waals surface area contributed by atoms with Crippen molar-refractivity contribution in [2.75, 3.05) is 6.61 Å². The smallest absolute Gasteiger partial charge is 0.336 e. The number of rotatable bonds is 6. The molecule has 130 valence electrons. The number of ether oxygens (including phenoxy) is 1. The normalized spacial score (nSPS) is 12.2. The summed E-state index contributed by atoms with van der Waals surface area (Å²) in [7, 11) is 0. The van der Waals surface area contributed by atoms with Crippen LogP contribution in [0.3, 0.4) is 0 Å². The summed E-state index contributed by atoms with van der Waals surface area (Å²) >= 11 is 0. The molecule has 0 aliphatic rings. The largest absolute Gasteiger partial charge is 0.492 e. The Labute approximate surface area is 143 Å². The number of nitrogens with one attached hydrogen (secondary N) is 2. The second kappa shape index (κ2) is 7.31. The van der Waals surface area contributed by atoms with Crippen LogP contribution >= 0.6 is 0 Å². The molecule has 0 spiro atoms. The van der Waals surface area contributed by atoms with Gasteiger partial charge in [0.15, 0.2) is 0 Å².